The summed E-state index contributed by atoms with van der Waals surface area (Å²) in [6, 6.07) is 0.295. The van der Waals surface area contributed by atoms with Crippen molar-refractivity contribution in [2.75, 3.05) is 33.7 Å². The van der Waals surface area contributed by atoms with Gasteiger partial charge in [-0.15, -0.1) is 11.6 Å². The lowest BCUT2D eigenvalue weighted by atomic mass is 10.1. The summed E-state index contributed by atoms with van der Waals surface area (Å²) in [7, 11) is 4.25. The highest BCUT2D eigenvalue weighted by atomic mass is 35.5. The zero-order valence-corrected chi connectivity index (χ0v) is 10.5. The van der Waals surface area contributed by atoms with Crippen LogP contribution in [0.1, 0.15) is 17.4 Å². The van der Waals surface area contributed by atoms with Gasteiger partial charge in [0.15, 0.2) is 0 Å². The predicted octanol–water partition coefficient (Wildman–Crippen LogP) is 1.13. The van der Waals surface area contributed by atoms with E-state index in [0.29, 0.717) is 11.9 Å². The molecule has 1 aromatic rings. The summed E-state index contributed by atoms with van der Waals surface area (Å²) in [5, 5.41) is 0. The lowest BCUT2D eigenvalue weighted by Gasteiger charge is -2.36. The summed E-state index contributed by atoms with van der Waals surface area (Å²) >= 11 is 5.72. The Morgan fingerprint density at radius 2 is 2.00 bits per heavy atom. The largest absolute Gasteiger partial charge is 0.303 e. The molecule has 1 aromatic heterocycles. The fourth-order valence-electron chi connectivity index (χ4n) is 1.89. The van der Waals surface area contributed by atoms with Crippen molar-refractivity contribution in [3.8, 4) is 0 Å². The van der Waals surface area contributed by atoms with E-state index in [1.165, 1.54) is 0 Å². The van der Waals surface area contributed by atoms with Gasteiger partial charge in [0, 0.05) is 37.6 Å². The van der Waals surface area contributed by atoms with Gasteiger partial charge < -0.3 is 4.90 Å². The van der Waals surface area contributed by atoms with E-state index in [9.17, 15) is 0 Å². The van der Waals surface area contributed by atoms with Gasteiger partial charge in [0.25, 0.3) is 0 Å². The molecule has 1 saturated heterocycles. The summed E-state index contributed by atoms with van der Waals surface area (Å²) in [4.78, 5) is 13.4. The smallest absolute Gasteiger partial charge is 0.146 e. The van der Waals surface area contributed by atoms with Crippen molar-refractivity contribution in [2.24, 2.45) is 0 Å². The Morgan fingerprint density at radius 3 is 2.62 bits per heavy atom. The topological polar surface area (TPSA) is 32.3 Å². The third-order valence-corrected chi connectivity index (χ3v) is 3.34. The minimum atomic E-state index is 0.295. The van der Waals surface area contributed by atoms with Crippen molar-refractivity contribution in [3.63, 3.8) is 0 Å². The van der Waals surface area contributed by atoms with Crippen LogP contribution in [0.25, 0.3) is 0 Å². The number of likely N-dealkylation sites (N-methyl/N-ethyl adjacent to an activating group) is 2. The molecular formula is C11H17ClN4. The van der Waals surface area contributed by atoms with Gasteiger partial charge >= 0.3 is 0 Å². The Bertz CT molecular complexity index is 340. The lowest BCUT2D eigenvalue weighted by Crippen LogP contribution is -2.45. The highest BCUT2D eigenvalue weighted by Crippen LogP contribution is 2.19. The first-order chi connectivity index (χ1) is 7.70. The van der Waals surface area contributed by atoms with Crippen LogP contribution in [-0.2, 0) is 5.88 Å². The molecule has 88 valence electrons. The first-order valence-corrected chi connectivity index (χ1v) is 5.99. The maximum absolute atomic E-state index is 5.72. The molecule has 2 heterocycles. The molecule has 1 atom stereocenters. The highest BCUT2D eigenvalue weighted by molar-refractivity contribution is 6.17. The summed E-state index contributed by atoms with van der Waals surface area (Å²) in [6.45, 7) is 3.14. The van der Waals surface area contributed by atoms with Crippen molar-refractivity contribution in [3.05, 3.63) is 23.8 Å². The molecule has 4 nitrogen and oxygen atoms in total. The minimum Gasteiger partial charge on any atom is -0.303 e. The van der Waals surface area contributed by atoms with E-state index in [1.54, 1.807) is 0 Å². The molecule has 0 N–H and O–H groups in total. The van der Waals surface area contributed by atoms with Gasteiger partial charge in [-0.3, -0.25) is 4.90 Å². The molecule has 0 bridgehead atoms. The lowest BCUT2D eigenvalue weighted by molar-refractivity contribution is 0.109. The first-order valence-electron chi connectivity index (χ1n) is 5.46. The zero-order valence-electron chi connectivity index (χ0n) is 9.73. The molecule has 0 amide bonds. The fourth-order valence-corrected chi connectivity index (χ4v) is 2.03. The molecule has 0 radical (unpaired) electrons. The molecule has 5 heteroatoms. The molecule has 1 fully saturated rings. The van der Waals surface area contributed by atoms with Crippen LogP contribution in [0.3, 0.4) is 0 Å². The van der Waals surface area contributed by atoms with Crippen LogP contribution < -0.4 is 0 Å². The van der Waals surface area contributed by atoms with Gasteiger partial charge in [-0.05, 0) is 14.1 Å². The van der Waals surface area contributed by atoms with E-state index in [1.807, 2.05) is 12.4 Å². The van der Waals surface area contributed by atoms with Crippen LogP contribution >= 0.6 is 11.6 Å². The van der Waals surface area contributed by atoms with Crippen LogP contribution in [-0.4, -0.2) is 53.5 Å². The maximum Gasteiger partial charge on any atom is 0.146 e. The molecule has 2 rings (SSSR count). The third kappa shape index (κ3) is 2.51. The fraction of sp³-hybridized carbons (Fsp3) is 0.636. The van der Waals surface area contributed by atoms with Gasteiger partial charge in [0.2, 0.25) is 0 Å². The second-order valence-electron chi connectivity index (χ2n) is 4.34. The Balaban J connectivity index is 2.15. The Hall–Kier alpha value is -0.710. The van der Waals surface area contributed by atoms with E-state index in [2.05, 4.69) is 33.9 Å². The van der Waals surface area contributed by atoms with E-state index >= 15 is 0 Å². The van der Waals surface area contributed by atoms with E-state index in [0.717, 1.165) is 31.0 Å². The summed E-state index contributed by atoms with van der Waals surface area (Å²) in [5.41, 5.74) is 0.970. The Labute approximate surface area is 101 Å². The van der Waals surface area contributed by atoms with Crippen molar-refractivity contribution in [1.82, 2.24) is 19.8 Å². The van der Waals surface area contributed by atoms with Crippen LogP contribution in [0, 0.1) is 0 Å². The number of hydrogen-bond donors (Lipinski definition) is 0. The second-order valence-corrected chi connectivity index (χ2v) is 4.61. The van der Waals surface area contributed by atoms with Crippen LogP contribution in [0.2, 0.25) is 0 Å². The van der Waals surface area contributed by atoms with Gasteiger partial charge in [-0.1, -0.05) is 0 Å². The Morgan fingerprint density at radius 1 is 1.31 bits per heavy atom. The van der Waals surface area contributed by atoms with Crippen LogP contribution in [0.15, 0.2) is 12.4 Å². The van der Waals surface area contributed by atoms with Crippen LogP contribution in [0.4, 0.5) is 0 Å². The van der Waals surface area contributed by atoms with Crippen molar-refractivity contribution < 1.29 is 0 Å². The number of piperazine rings is 1. The van der Waals surface area contributed by atoms with E-state index in [4.69, 9.17) is 11.6 Å². The minimum absolute atomic E-state index is 0.295. The van der Waals surface area contributed by atoms with Crippen molar-refractivity contribution in [1.29, 1.82) is 0 Å². The van der Waals surface area contributed by atoms with Gasteiger partial charge in [-0.2, -0.15) is 0 Å². The third-order valence-electron chi connectivity index (χ3n) is 3.03. The predicted molar refractivity (Wildman–Crippen MR) is 64.5 cm³/mol. The highest BCUT2D eigenvalue weighted by Gasteiger charge is 2.25. The normalized spacial score (nSPS) is 23.6. The zero-order chi connectivity index (χ0) is 11.5. The van der Waals surface area contributed by atoms with Crippen LogP contribution in [0.5, 0.6) is 0 Å². The number of alkyl halides is 1. The SMILES string of the molecule is CN1CCN(C)C(c2ncc(CCl)cn2)C1. The standard InChI is InChI=1S/C11H17ClN4/c1-15-3-4-16(2)10(8-15)11-13-6-9(5-12)7-14-11/h6-7,10H,3-5,8H2,1-2H3. The monoisotopic (exact) mass is 240 g/mol. The van der Waals surface area contributed by atoms with E-state index in [-0.39, 0.29) is 0 Å². The Kier molecular flexibility index (Phi) is 3.74. The number of aromatic nitrogens is 2. The number of rotatable bonds is 2. The van der Waals surface area contributed by atoms with Gasteiger partial charge in [0.05, 0.1) is 11.9 Å². The van der Waals surface area contributed by atoms with Crippen molar-refractivity contribution in [2.45, 2.75) is 11.9 Å². The number of nitrogens with zero attached hydrogens (tertiary/aromatic N) is 4. The van der Waals surface area contributed by atoms with E-state index < -0.39 is 0 Å². The molecule has 16 heavy (non-hydrogen) atoms. The van der Waals surface area contributed by atoms with Gasteiger partial charge in [0.1, 0.15) is 5.82 Å². The summed E-state index contributed by atoms with van der Waals surface area (Å²) < 4.78 is 0. The number of halogens is 1. The molecule has 1 unspecified atom stereocenters. The molecular weight excluding hydrogens is 224 g/mol. The number of hydrogen-bond acceptors (Lipinski definition) is 4. The molecule has 0 aromatic carbocycles. The average molecular weight is 241 g/mol. The van der Waals surface area contributed by atoms with Gasteiger partial charge in [-0.25, -0.2) is 9.97 Å². The summed E-state index contributed by atoms with van der Waals surface area (Å²) in [5.74, 6) is 1.36. The molecule has 0 spiro atoms. The van der Waals surface area contributed by atoms with Crippen molar-refractivity contribution >= 4 is 11.6 Å². The molecule has 0 saturated carbocycles. The summed E-state index contributed by atoms with van der Waals surface area (Å²) in [6.07, 6.45) is 3.63. The second kappa shape index (κ2) is 5.08. The maximum atomic E-state index is 5.72. The molecule has 1 aliphatic rings. The first kappa shape index (κ1) is 11.8. The molecule has 0 aliphatic carbocycles. The molecule has 1 aliphatic heterocycles. The quantitative estimate of drug-likeness (QED) is 0.726. The average Bonchev–Trinajstić information content (AvgIpc) is 2.32.